The van der Waals surface area contributed by atoms with Gasteiger partial charge in [0, 0.05) is 24.1 Å². The number of carbonyl (C=O) groups excluding carboxylic acids is 2. The van der Waals surface area contributed by atoms with E-state index in [1.54, 1.807) is 36.9 Å². The minimum Gasteiger partial charge on any atom is -0.497 e. The second kappa shape index (κ2) is 5.14. The van der Waals surface area contributed by atoms with Crippen LogP contribution in [0.1, 0.15) is 17.3 Å². The number of ketones is 1. The average Bonchev–Trinajstić information content (AvgIpc) is 2.75. The van der Waals surface area contributed by atoms with E-state index in [0.29, 0.717) is 16.7 Å². The van der Waals surface area contributed by atoms with Crippen molar-refractivity contribution in [3.05, 3.63) is 30.0 Å². The first-order valence-electron chi connectivity index (χ1n) is 5.93. The van der Waals surface area contributed by atoms with Gasteiger partial charge < -0.3 is 14.0 Å². The van der Waals surface area contributed by atoms with E-state index in [4.69, 9.17) is 9.47 Å². The van der Waals surface area contributed by atoms with Gasteiger partial charge >= 0.3 is 5.97 Å². The van der Waals surface area contributed by atoms with Gasteiger partial charge in [0.1, 0.15) is 5.75 Å². The van der Waals surface area contributed by atoms with E-state index in [1.807, 2.05) is 13.1 Å². The fraction of sp³-hybridized carbons (Fsp3) is 0.286. The zero-order chi connectivity index (χ0) is 14.0. The van der Waals surface area contributed by atoms with Crippen molar-refractivity contribution in [2.24, 2.45) is 7.05 Å². The van der Waals surface area contributed by atoms with Crippen LogP contribution < -0.4 is 4.74 Å². The third kappa shape index (κ3) is 2.31. The molecule has 0 aliphatic rings. The van der Waals surface area contributed by atoms with E-state index in [9.17, 15) is 9.59 Å². The molecule has 0 fully saturated rings. The van der Waals surface area contributed by atoms with Gasteiger partial charge in [0.05, 0.1) is 19.3 Å². The molecule has 0 radical (unpaired) electrons. The van der Waals surface area contributed by atoms with Crippen molar-refractivity contribution in [2.75, 3.05) is 13.7 Å². The third-order valence-corrected chi connectivity index (χ3v) is 2.90. The zero-order valence-electron chi connectivity index (χ0n) is 11.1. The van der Waals surface area contributed by atoms with E-state index < -0.39 is 11.8 Å². The minimum atomic E-state index is -0.835. The van der Waals surface area contributed by atoms with Gasteiger partial charge in [0.25, 0.3) is 5.78 Å². The van der Waals surface area contributed by atoms with Gasteiger partial charge in [-0.1, -0.05) is 0 Å². The van der Waals surface area contributed by atoms with Gasteiger partial charge in [-0.3, -0.25) is 4.79 Å². The van der Waals surface area contributed by atoms with Crippen molar-refractivity contribution in [3.8, 4) is 5.75 Å². The number of nitrogens with zero attached hydrogens (tertiary/aromatic N) is 1. The van der Waals surface area contributed by atoms with Crippen LogP contribution >= 0.6 is 0 Å². The lowest BCUT2D eigenvalue weighted by Gasteiger charge is -2.02. The highest BCUT2D eigenvalue weighted by molar-refractivity contribution is 6.43. The number of methoxy groups -OCH3 is 1. The molecule has 2 aromatic rings. The Bertz CT molecular complexity index is 642. The van der Waals surface area contributed by atoms with Crippen molar-refractivity contribution in [2.45, 2.75) is 6.92 Å². The van der Waals surface area contributed by atoms with Gasteiger partial charge in [-0.25, -0.2) is 4.79 Å². The number of hydrogen-bond donors (Lipinski definition) is 0. The monoisotopic (exact) mass is 261 g/mol. The topological polar surface area (TPSA) is 57.5 Å². The van der Waals surface area contributed by atoms with E-state index in [0.717, 1.165) is 5.52 Å². The molecule has 0 aliphatic carbocycles. The summed E-state index contributed by atoms with van der Waals surface area (Å²) in [6.45, 7) is 1.84. The molecule has 0 saturated heterocycles. The number of aryl methyl sites for hydroxylation is 1. The first-order chi connectivity index (χ1) is 9.08. The smallest absolute Gasteiger partial charge is 0.379 e. The number of rotatable bonds is 4. The second-order valence-electron chi connectivity index (χ2n) is 4.09. The van der Waals surface area contributed by atoms with Gasteiger partial charge in [0.2, 0.25) is 0 Å². The van der Waals surface area contributed by atoms with Crippen molar-refractivity contribution in [1.29, 1.82) is 0 Å². The normalized spacial score (nSPS) is 10.5. The van der Waals surface area contributed by atoms with Crippen LogP contribution in [0.15, 0.2) is 24.4 Å². The van der Waals surface area contributed by atoms with Gasteiger partial charge in [0.15, 0.2) is 0 Å². The number of carbonyl (C=O) groups is 2. The summed E-state index contributed by atoms with van der Waals surface area (Å²) in [6, 6.07) is 5.39. The van der Waals surface area contributed by atoms with Crippen molar-refractivity contribution < 1.29 is 19.1 Å². The predicted octanol–water partition coefficient (Wildman–Crippen LogP) is 1.93. The fourth-order valence-electron chi connectivity index (χ4n) is 1.99. The Labute approximate surface area is 110 Å². The van der Waals surface area contributed by atoms with E-state index in [2.05, 4.69) is 0 Å². The molecule has 5 heteroatoms. The maximum absolute atomic E-state index is 12.0. The maximum atomic E-state index is 12.0. The summed E-state index contributed by atoms with van der Waals surface area (Å²) in [6.07, 6.45) is 1.63. The summed E-state index contributed by atoms with van der Waals surface area (Å²) in [5, 5.41) is 0.680. The number of ether oxygens (including phenoxy) is 2. The summed E-state index contributed by atoms with van der Waals surface area (Å²) >= 11 is 0. The lowest BCUT2D eigenvalue weighted by Crippen LogP contribution is -2.17. The molecule has 5 nitrogen and oxygen atoms in total. The van der Waals surface area contributed by atoms with E-state index in [-0.39, 0.29) is 6.61 Å². The molecule has 1 aromatic heterocycles. The SMILES string of the molecule is CCOC(=O)C(=O)c1cn(C)c2ccc(OC)cc12. The van der Waals surface area contributed by atoms with Gasteiger partial charge in [-0.05, 0) is 25.1 Å². The molecule has 0 atom stereocenters. The van der Waals surface area contributed by atoms with Crippen LogP contribution in [0.5, 0.6) is 5.75 Å². The lowest BCUT2D eigenvalue weighted by molar-refractivity contribution is -0.137. The third-order valence-electron chi connectivity index (χ3n) is 2.90. The first-order valence-corrected chi connectivity index (χ1v) is 5.93. The van der Waals surface area contributed by atoms with E-state index >= 15 is 0 Å². The fourth-order valence-corrected chi connectivity index (χ4v) is 1.99. The molecule has 0 aliphatic heterocycles. The summed E-state index contributed by atoms with van der Waals surface area (Å²) in [7, 11) is 3.37. The molecule has 0 N–H and O–H groups in total. The largest absolute Gasteiger partial charge is 0.497 e. The molecule has 2 rings (SSSR count). The number of hydrogen-bond acceptors (Lipinski definition) is 4. The minimum absolute atomic E-state index is 0.179. The number of benzene rings is 1. The van der Waals surface area contributed by atoms with Gasteiger partial charge in [-0.2, -0.15) is 0 Å². The molecule has 1 heterocycles. The maximum Gasteiger partial charge on any atom is 0.379 e. The Morgan fingerprint density at radius 1 is 1.32 bits per heavy atom. The predicted molar refractivity (Wildman–Crippen MR) is 70.4 cm³/mol. The molecule has 100 valence electrons. The summed E-state index contributed by atoms with van der Waals surface area (Å²) in [5.41, 5.74) is 1.18. The van der Waals surface area contributed by atoms with Crippen LogP contribution in [0, 0.1) is 0 Å². The number of aromatic nitrogens is 1. The Morgan fingerprint density at radius 2 is 2.05 bits per heavy atom. The first kappa shape index (κ1) is 13.1. The number of esters is 1. The van der Waals surface area contributed by atoms with Crippen LogP contribution in [0.2, 0.25) is 0 Å². The molecule has 0 saturated carbocycles. The highest BCUT2D eigenvalue weighted by Crippen LogP contribution is 2.25. The highest BCUT2D eigenvalue weighted by Gasteiger charge is 2.22. The Balaban J connectivity index is 2.54. The van der Waals surface area contributed by atoms with Crippen molar-refractivity contribution in [3.63, 3.8) is 0 Å². The van der Waals surface area contributed by atoms with Gasteiger partial charge in [-0.15, -0.1) is 0 Å². The van der Waals surface area contributed by atoms with Crippen LogP contribution in [-0.4, -0.2) is 30.0 Å². The standard InChI is InChI=1S/C14H15NO4/c1-4-19-14(17)13(16)11-8-15(2)12-6-5-9(18-3)7-10(11)12/h5-8H,4H2,1-3H3. The Morgan fingerprint density at radius 3 is 2.68 bits per heavy atom. The van der Waals surface area contributed by atoms with Crippen LogP contribution in [0.3, 0.4) is 0 Å². The molecule has 0 bridgehead atoms. The molecule has 1 aromatic carbocycles. The van der Waals surface area contributed by atoms with E-state index in [1.165, 1.54) is 0 Å². The average molecular weight is 261 g/mol. The second-order valence-corrected chi connectivity index (χ2v) is 4.09. The quantitative estimate of drug-likeness (QED) is 0.479. The summed E-state index contributed by atoms with van der Waals surface area (Å²) in [5.74, 6) is -0.838. The van der Waals surface area contributed by atoms with Crippen LogP contribution in [-0.2, 0) is 16.6 Å². The van der Waals surface area contributed by atoms with Crippen molar-refractivity contribution in [1.82, 2.24) is 4.57 Å². The lowest BCUT2D eigenvalue weighted by atomic mass is 10.1. The Kier molecular flexibility index (Phi) is 3.55. The van der Waals surface area contributed by atoms with Crippen molar-refractivity contribution >= 4 is 22.7 Å². The highest BCUT2D eigenvalue weighted by atomic mass is 16.5. The number of fused-ring (bicyclic) bond motifs is 1. The Hall–Kier alpha value is -2.30. The number of Topliss-reactive ketones (excluding diaryl/α,β-unsaturated/α-hetero) is 1. The van der Waals surface area contributed by atoms with Crippen LogP contribution in [0.25, 0.3) is 10.9 Å². The molecule has 0 spiro atoms. The molecular formula is C14H15NO4. The zero-order valence-corrected chi connectivity index (χ0v) is 11.1. The molecule has 0 amide bonds. The summed E-state index contributed by atoms with van der Waals surface area (Å²) < 4.78 is 11.7. The molecule has 0 unspecified atom stereocenters. The molecular weight excluding hydrogens is 246 g/mol. The molecule has 19 heavy (non-hydrogen) atoms. The van der Waals surface area contributed by atoms with Crippen LogP contribution in [0.4, 0.5) is 0 Å². The summed E-state index contributed by atoms with van der Waals surface area (Å²) in [4.78, 5) is 23.6.